The molecule has 322 valence electrons. The molecule has 8 rings (SSSR count). The van der Waals surface area contributed by atoms with Gasteiger partial charge in [-0.1, -0.05) is 6.07 Å². The van der Waals surface area contributed by atoms with Gasteiger partial charge in [-0.05, 0) is 98.5 Å². The van der Waals surface area contributed by atoms with E-state index in [1.807, 2.05) is 18.2 Å². The number of ether oxygens (including phenoxy) is 1. The van der Waals surface area contributed by atoms with Gasteiger partial charge in [0.25, 0.3) is 18.2 Å². The Bertz CT molecular complexity index is 2680. The number of nitrogens with zero attached hydrogens (tertiary/aromatic N) is 6. The van der Waals surface area contributed by atoms with Crippen molar-refractivity contribution in [3.8, 4) is 17.1 Å². The molecular formula is C43H44F2N10O7. The molecule has 0 spiro atoms. The first-order chi connectivity index (χ1) is 30.0. The molecule has 6 aromatic rings. The molecule has 17 nitrogen and oxygen atoms in total. The SMILES string of the molecule is Cn1c(=O)n(C2CCC(=O)NC2=O)c2ccc(CCCOCCCNC(=O)c3ccc(-n4cc(NC(=O)c5coc(-c6ccnc(NCC7CC7)c6)n5)c(C(F)F)n4)cc3)cc21. The minimum Gasteiger partial charge on any atom is -0.444 e. The van der Waals surface area contributed by atoms with E-state index in [1.165, 1.54) is 32.9 Å². The van der Waals surface area contributed by atoms with Crippen LogP contribution in [0.5, 0.6) is 0 Å². The highest BCUT2D eigenvalue weighted by molar-refractivity contribution is 6.03. The molecule has 1 unspecified atom stereocenters. The maximum absolute atomic E-state index is 14.0. The summed E-state index contributed by atoms with van der Waals surface area (Å²) in [7, 11) is 1.66. The molecule has 1 saturated carbocycles. The standard InChI is InChI=1S/C43H44F2N10O7/c1-53-34-20-25(7-12-32(34)55(43(53)60)33-13-14-36(56)51-41(33)59)4-2-18-61-19-3-16-47-39(57)27-8-10-29(11-9-27)54-23-30(37(52-54)38(44)45)49-40(58)31-24-62-42(50-31)28-15-17-46-35(21-28)48-22-26-5-6-26/h7-12,15,17,20-21,23-24,26,33,38H,2-6,13-14,16,18-19,22H2,1H3,(H,46,48)(H,47,57)(H,49,58)(H,51,56,59). The number of rotatable bonds is 18. The predicted molar refractivity (Wildman–Crippen MR) is 222 cm³/mol. The molecule has 5 heterocycles. The number of halogens is 2. The zero-order valence-corrected chi connectivity index (χ0v) is 33.7. The summed E-state index contributed by atoms with van der Waals surface area (Å²) >= 11 is 0. The number of nitrogens with one attached hydrogen (secondary N) is 4. The number of aromatic nitrogens is 6. The first kappa shape index (κ1) is 41.7. The summed E-state index contributed by atoms with van der Waals surface area (Å²) in [6.07, 6.45) is 5.86. The molecule has 1 aliphatic carbocycles. The zero-order valence-electron chi connectivity index (χ0n) is 33.7. The number of amides is 4. The Morgan fingerprint density at radius 1 is 0.984 bits per heavy atom. The summed E-state index contributed by atoms with van der Waals surface area (Å²) in [4.78, 5) is 71.5. The second-order valence-corrected chi connectivity index (χ2v) is 15.3. The van der Waals surface area contributed by atoms with Crippen molar-refractivity contribution in [1.82, 2.24) is 39.5 Å². The molecule has 0 radical (unpaired) electrons. The molecule has 4 aromatic heterocycles. The second kappa shape index (κ2) is 18.3. The van der Waals surface area contributed by atoms with Crippen molar-refractivity contribution in [3.05, 3.63) is 106 Å². The lowest BCUT2D eigenvalue weighted by molar-refractivity contribution is -0.135. The van der Waals surface area contributed by atoms with Crippen molar-refractivity contribution >= 4 is 46.2 Å². The fourth-order valence-electron chi connectivity index (χ4n) is 7.22. The summed E-state index contributed by atoms with van der Waals surface area (Å²) in [5, 5.41) is 14.9. The number of oxazole rings is 1. The molecule has 4 N–H and O–H groups in total. The molecule has 2 aromatic carbocycles. The number of hydrogen-bond donors (Lipinski definition) is 4. The molecule has 0 bridgehead atoms. The molecule has 2 fully saturated rings. The maximum atomic E-state index is 14.0. The van der Waals surface area contributed by atoms with Gasteiger partial charge in [-0.2, -0.15) is 5.10 Å². The van der Waals surface area contributed by atoms with E-state index in [2.05, 4.69) is 36.3 Å². The summed E-state index contributed by atoms with van der Waals surface area (Å²) in [6, 6.07) is 14.6. The number of benzene rings is 2. The third-order valence-corrected chi connectivity index (χ3v) is 10.8. The van der Waals surface area contributed by atoms with Gasteiger partial charge in [-0.15, -0.1) is 0 Å². The third kappa shape index (κ3) is 9.46. The largest absolute Gasteiger partial charge is 0.444 e. The number of fused-ring (bicyclic) bond motifs is 1. The van der Waals surface area contributed by atoms with E-state index in [-0.39, 0.29) is 47.6 Å². The fourth-order valence-corrected chi connectivity index (χ4v) is 7.22. The lowest BCUT2D eigenvalue weighted by Crippen LogP contribution is -2.44. The van der Waals surface area contributed by atoms with E-state index >= 15 is 0 Å². The normalized spacial score (nSPS) is 15.3. The van der Waals surface area contributed by atoms with Gasteiger partial charge in [0.15, 0.2) is 11.4 Å². The number of carbonyl (C=O) groups excluding carboxylic acids is 4. The first-order valence-electron chi connectivity index (χ1n) is 20.4. The Hall–Kier alpha value is -7.02. The van der Waals surface area contributed by atoms with Crippen molar-refractivity contribution in [2.45, 2.75) is 57.4 Å². The number of imide groups is 1. The van der Waals surface area contributed by atoms with Gasteiger partial charge in [-0.25, -0.2) is 28.2 Å². The van der Waals surface area contributed by atoms with Gasteiger partial charge in [-0.3, -0.25) is 33.6 Å². The molecule has 1 aliphatic heterocycles. The topological polar surface area (TPSA) is 209 Å². The average Bonchev–Trinajstić information content (AvgIpc) is 3.68. The fraction of sp³-hybridized carbons (Fsp3) is 0.349. The predicted octanol–water partition coefficient (Wildman–Crippen LogP) is 5.33. The van der Waals surface area contributed by atoms with Gasteiger partial charge in [0, 0.05) is 57.1 Å². The summed E-state index contributed by atoms with van der Waals surface area (Å²) in [5.41, 5.74) is 2.42. The minimum atomic E-state index is -2.99. The summed E-state index contributed by atoms with van der Waals surface area (Å²) < 4.78 is 43.5. The van der Waals surface area contributed by atoms with Crippen LogP contribution in [0.1, 0.15) is 83.1 Å². The Morgan fingerprint density at radius 2 is 1.79 bits per heavy atom. The molecular weight excluding hydrogens is 807 g/mol. The molecule has 4 amide bonds. The van der Waals surface area contributed by atoms with Gasteiger partial charge in [0.05, 0.1) is 28.6 Å². The maximum Gasteiger partial charge on any atom is 0.329 e. The van der Waals surface area contributed by atoms with Crippen LogP contribution in [0, 0.1) is 5.92 Å². The van der Waals surface area contributed by atoms with Gasteiger partial charge >= 0.3 is 5.69 Å². The van der Waals surface area contributed by atoms with Gasteiger partial charge in [0.1, 0.15) is 18.1 Å². The lowest BCUT2D eigenvalue weighted by atomic mass is 10.1. The highest BCUT2D eigenvalue weighted by Crippen LogP contribution is 2.30. The van der Waals surface area contributed by atoms with Crippen LogP contribution >= 0.6 is 0 Å². The van der Waals surface area contributed by atoms with Crippen molar-refractivity contribution in [2.75, 3.05) is 36.9 Å². The van der Waals surface area contributed by atoms with Crippen LogP contribution in [-0.4, -0.2) is 78.8 Å². The Kier molecular flexibility index (Phi) is 12.3. The summed E-state index contributed by atoms with van der Waals surface area (Å²) in [5.74, 6) is -0.417. The highest BCUT2D eigenvalue weighted by Gasteiger charge is 2.31. The Labute approximate surface area is 352 Å². The van der Waals surface area contributed by atoms with E-state index < -0.39 is 30.0 Å². The van der Waals surface area contributed by atoms with Crippen LogP contribution in [0.15, 0.2) is 82.5 Å². The molecule has 1 atom stereocenters. The van der Waals surface area contributed by atoms with Crippen LogP contribution in [0.4, 0.5) is 20.3 Å². The summed E-state index contributed by atoms with van der Waals surface area (Å²) in [6.45, 7) is 2.10. The quantitative estimate of drug-likeness (QED) is 0.0642. The van der Waals surface area contributed by atoms with Gasteiger partial charge < -0.3 is 25.1 Å². The number of alkyl halides is 2. The number of aryl methyl sites for hydroxylation is 2. The van der Waals surface area contributed by atoms with Crippen LogP contribution < -0.4 is 27.0 Å². The van der Waals surface area contributed by atoms with Crippen LogP contribution in [0.3, 0.4) is 0 Å². The molecule has 2 aliphatic rings. The number of carbonyl (C=O) groups is 4. The average molecular weight is 851 g/mol. The van der Waals surface area contributed by atoms with Crippen LogP contribution in [-0.2, 0) is 27.8 Å². The smallest absolute Gasteiger partial charge is 0.329 e. The van der Waals surface area contributed by atoms with Crippen molar-refractivity contribution in [3.63, 3.8) is 0 Å². The number of piperidine rings is 1. The van der Waals surface area contributed by atoms with Crippen LogP contribution in [0.2, 0.25) is 0 Å². The number of pyridine rings is 1. The molecule has 62 heavy (non-hydrogen) atoms. The molecule has 19 heteroatoms. The van der Waals surface area contributed by atoms with Gasteiger partial charge in [0.2, 0.25) is 17.7 Å². The first-order valence-corrected chi connectivity index (χ1v) is 20.4. The van der Waals surface area contributed by atoms with E-state index in [4.69, 9.17) is 9.15 Å². The number of hydrogen-bond acceptors (Lipinski definition) is 11. The van der Waals surface area contributed by atoms with E-state index in [0.717, 1.165) is 24.8 Å². The number of imidazole rings is 1. The third-order valence-electron chi connectivity index (χ3n) is 10.8. The van der Waals surface area contributed by atoms with Crippen molar-refractivity contribution in [1.29, 1.82) is 0 Å². The lowest BCUT2D eigenvalue weighted by Gasteiger charge is -2.21. The van der Waals surface area contributed by atoms with E-state index in [9.17, 15) is 32.8 Å². The minimum absolute atomic E-state index is 0.109. The molecule has 1 saturated heterocycles. The second-order valence-electron chi connectivity index (χ2n) is 15.3. The zero-order chi connectivity index (χ0) is 43.3. The van der Waals surface area contributed by atoms with E-state index in [1.54, 1.807) is 49.6 Å². The highest BCUT2D eigenvalue weighted by atomic mass is 19.3. The van der Waals surface area contributed by atoms with Crippen LogP contribution in [0.25, 0.3) is 28.2 Å². The van der Waals surface area contributed by atoms with E-state index in [0.29, 0.717) is 72.2 Å². The van der Waals surface area contributed by atoms with Crippen molar-refractivity contribution < 1.29 is 37.1 Å². The Balaban J connectivity index is 0.776. The number of anilines is 2. The van der Waals surface area contributed by atoms with Crippen molar-refractivity contribution in [2.24, 2.45) is 13.0 Å². The Morgan fingerprint density at radius 3 is 2.56 bits per heavy atom. The monoisotopic (exact) mass is 850 g/mol.